The van der Waals surface area contributed by atoms with E-state index in [-0.39, 0.29) is 5.91 Å². The van der Waals surface area contributed by atoms with E-state index in [1.54, 1.807) is 0 Å². The Balaban J connectivity index is 1.23. The highest BCUT2D eigenvalue weighted by atomic mass is 16.5. The molecule has 0 aliphatic heterocycles. The molecule has 0 heterocycles. The fourth-order valence-electron chi connectivity index (χ4n) is 4.21. The van der Waals surface area contributed by atoms with Gasteiger partial charge in [-0.05, 0) is 53.4 Å². The van der Waals surface area contributed by atoms with E-state index in [0.29, 0.717) is 23.9 Å². The molecule has 5 rings (SSSR count). The molecule has 4 aromatic rings. The van der Waals surface area contributed by atoms with Crippen molar-refractivity contribution in [2.24, 2.45) is 0 Å². The van der Waals surface area contributed by atoms with Gasteiger partial charge in [0.2, 0.25) is 5.91 Å². The molecule has 0 atom stereocenters. The topological polar surface area (TPSA) is 41.6 Å². The predicted octanol–water partition coefficient (Wildman–Crippen LogP) is 6.63. The summed E-state index contributed by atoms with van der Waals surface area (Å²) in [7, 11) is 0. The molecule has 0 aromatic heterocycles. The van der Waals surface area contributed by atoms with Gasteiger partial charge in [0, 0.05) is 25.6 Å². The summed E-state index contributed by atoms with van der Waals surface area (Å²) in [6, 6.07) is 32.8. The Labute approximate surface area is 194 Å². The number of amides is 1. The van der Waals surface area contributed by atoms with Crippen molar-refractivity contribution in [3.05, 3.63) is 103 Å². The van der Waals surface area contributed by atoms with Gasteiger partial charge in [0.25, 0.3) is 0 Å². The van der Waals surface area contributed by atoms with E-state index in [0.717, 1.165) is 18.8 Å². The van der Waals surface area contributed by atoms with E-state index >= 15 is 0 Å². The van der Waals surface area contributed by atoms with E-state index in [2.05, 4.69) is 52.7 Å². The van der Waals surface area contributed by atoms with Gasteiger partial charge in [0.15, 0.2) is 5.75 Å². The normalized spacial score (nSPS) is 13.2. The Morgan fingerprint density at radius 3 is 2.42 bits per heavy atom. The van der Waals surface area contributed by atoms with E-state index in [4.69, 9.17) is 4.74 Å². The molecule has 1 aliphatic carbocycles. The first-order valence-electron chi connectivity index (χ1n) is 11.6. The molecule has 0 radical (unpaired) electrons. The van der Waals surface area contributed by atoms with Crippen molar-refractivity contribution in [1.82, 2.24) is 4.90 Å². The number of hydrogen-bond acceptors (Lipinski definition) is 3. The molecule has 1 amide bonds. The number of nitrogens with zero attached hydrogens (tertiary/aromatic N) is 1. The Bertz CT molecular complexity index is 1230. The van der Waals surface area contributed by atoms with Crippen LogP contribution in [0.5, 0.6) is 11.5 Å². The Morgan fingerprint density at radius 2 is 1.58 bits per heavy atom. The molecule has 4 nitrogen and oxygen atoms in total. The number of carbonyl (C=O) groups excluding carboxylic acids is 1. The summed E-state index contributed by atoms with van der Waals surface area (Å²) >= 11 is 0. The maximum absolute atomic E-state index is 12.8. The minimum atomic E-state index is 0.00248. The van der Waals surface area contributed by atoms with Crippen LogP contribution >= 0.6 is 0 Å². The molecular formula is C29H28N2O2. The highest BCUT2D eigenvalue weighted by Gasteiger charge is 2.29. The minimum Gasteiger partial charge on any atom is -0.455 e. The SMILES string of the molecule is O=C(CCN(Cc1cccc2ccccc12)C1CC1)Nc1ccccc1Oc1ccccc1. The molecule has 33 heavy (non-hydrogen) atoms. The van der Waals surface area contributed by atoms with Gasteiger partial charge in [-0.3, -0.25) is 9.69 Å². The number of nitrogens with one attached hydrogen (secondary N) is 1. The van der Waals surface area contributed by atoms with Crippen molar-refractivity contribution in [2.45, 2.75) is 31.8 Å². The molecule has 0 saturated heterocycles. The van der Waals surface area contributed by atoms with Gasteiger partial charge < -0.3 is 10.1 Å². The monoisotopic (exact) mass is 436 g/mol. The van der Waals surface area contributed by atoms with Crippen molar-refractivity contribution < 1.29 is 9.53 Å². The van der Waals surface area contributed by atoms with Crippen molar-refractivity contribution in [1.29, 1.82) is 0 Å². The van der Waals surface area contributed by atoms with Crippen molar-refractivity contribution in [3.8, 4) is 11.5 Å². The molecule has 4 heteroatoms. The van der Waals surface area contributed by atoms with Crippen LogP contribution in [0, 0.1) is 0 Å². The zero-order valence-electron chi connectivity index (χ0n) is 18.6. The highest BCUT2D eigenvalue weighted by molar-refractivity contribution is 5.92. The number of anilines is 1. The zero-order chi connectivity index (χ0) is 22.5. The van der Waals surface area contributed by atoms with Crippen LogP contribution in [0.25, 0.3) is 10.8 Å². The first-order valence-corrected chi connectivity index (χ1v) is 11.6. The Morgan fingerprint density at radius 1 is 0.848 bits per heavy atom. The first kappa shape index (κ1) is 21.2. The van der Waals surface area contributed by atoms with E-state index < -0.39 is 0 Å². The highest BCUT2D eigenvalue weighted by Crippen LogP contribution is 2.31. The average molecular weight is 437 g/mol. The fourth-order valence-corrected chi connectivity index (χ4v) is 4.21. The maximum atomic E-state index is 12.8. The van der Waals surface area contributed by atoms with Crippen LogP contribution in [0.2, 0.25) is 0 Å². The molecule has 0 bridgehead atoms. The summed E-state index contributed by atoms with van der Waals surface area (Å²) < 4.78 is 5.98. The van der Waals surface area contributed by atoms with E-state index in [1.165, 1.54) is 29.2 Å². The van der Waals surface area contributed by atoms with Crippen LogP contribution in [0.4, 0.5) is 5.69 Å². The fraction of sp³-hybridized carbons (Fsp3) is 0.207. The lowest BCUT2D eigenvalue weighted by atomic mass is 10.0. The lowest BCUT2D eigenvalue weighted by Gasteiger charge is -2.23. The first-order chi connectivity index (χ1) is 16.3. The Kier molecular flexibility index (Phi) is 6.36. The molecule has 1 N–H and O–H groups in total. The second kappa shape index (κ2) is 9.88. The average Bonchev–Trinajstić information content (AvgIpc) is 3.69. The molecule has 166 valence electrons. The van der Waals surface area contributed by atoms with Gasteiger partial charge in [-0.15, -0.1) is 0 Å². The van der Waals surface area contributed by atoms with Crippen LogP contribution in [-0.4, -0.2) is 23.4 Å². The lowest BCUT2D eigenvalue weighted by Crippen LogP contribution is -2.29. The van der Waals surface area contributed by atoms with Crippen molar-refractivity contribution in [2.75, 3.05) is 11.9 Å². The number of hydrogen-bond donors (Lipinski definition) is 1. The molecule has 1 saturated carbocycles. The standard InChI is InChI=1S/C29H28N2O2/c32-29(30-27-15-6-7-16-28(27)33-25-12-2-1-3-13-25)19-20-31(24-17-18-24)21-23-11-8-10-22-9-4-5-14-26(22)23/h1-16,24H,17-21H2,(H,30,32). The van der Waals surface area contributed by atoms with Gasteiger partial charge >= 0.3 is 0 Å². The largest absolute Gasteiger partial charge is 0.455 e. The van der Waals surface area contributed by atoms with Crippen LogP contribution in [-0.2, 0) is 11.3 Å². The predicted molar refractivity (Wildman–Crippen MR) is 134 cm³/mol. The summed E-state index contributed by atoms with van der Waals surface area (Å²) in [5, 5.41) is 5.60. The molecule has 4 aromatic carbocycles. The molecular weight excluding hydrogens is 408 g/mol. The van der Waals surface area contributed by atoms with Crippen LogP contribution in [0.15, 0.2) is 97.1 Å². The number of benzene rings is 4. The van der Waals surface area contributed by atoms with E-state index in [1.807, 2.05) is 54.6 Å². The second-order valence-electron chi connectivity index (χ2n) is 8.55. The van der Waals surface area contributed by atoms with Gasteiger partial charge in [0.1, 0.15) is 5.75 Å². The van der Waals surface area contributed by atoms with Crippen molar-refractivity contribution >= 4 is 22.4 Å². The molecule has 0 spiro atoms. The lowest BCUT2D eigenvalue weighted by molar-refractivity contribution is -0.116. The van der Waals surface area contributed by atoms with Crippen LogP contribution in [0.1, 0.15) is 24.8 Å². The number of ether oxygens (including phenoxy) is 1. The Hall–Kier alpha value is -3.63. The summed E-state index contributed by atoms with van der Waals surface area (Å²) in [4.78, 5) is 15.3. The van der Waals surface area contributed by atoms with Gasteiger partial charge in [0.05, 0.1) is 5.69 Å². The van der Waals surface area contributed by atoms with Gasteiger partial charge in [-0.1, -0.05) is 72.8 Å². The minimum absolute atomic E-state index is 0.00248. The summed E-state index contributed by atoms with van der Waals surface area (Å²) in [6.45, 7) is 1.61. The summed E-state index contributed by atoms with van der Waals surface area (Å²) in [6.07, 6.45) is 2.86. The molecule has 1 aliphatic rings. The third-order valence-electron chi connectivity index (χ3n) is 6.07. The van der Waals surface area contributed by atoms with Crippen molar-refractivity contribution in [3.63, 3.8) is 0 Å². The number of carbonyl (C=O) groups is 1. The third-order valence-corrected chi connectivity index (χ3v) is 6.07. The van der Waals surface area contributed by atoms with Gasteiger partial charge in [-0.25, -0.2) is 0 Å². The van der Waals surface area contributed by atoms with Crippen LogP contribution < -0.4 is 10.1 Å². The number of para-hydroxylation sites is 3. The second-order valence-corrected chi connectivity index (χ2v) is 8.55. The maximum Gasteiger partial charge on any atom is 0.225 e. The molecule has 1 fully saturated rings. The molecule has 0 unspecified atom stereocenters. The quantitative estimate of drug-likeness (QED) is 0.320. The summed E-state index contributed by atoms with van der Waals surface area (Å²) in [5.41, 5.74) is 2.01. The summed E-state index contributed by atoms with van der Waals surface area (Å²) in [5.74, 6) is 1.39. The van der Waals surface area contributed by atoms with Gasteiger partial charge in [-0.2, -0.15) is 0 Å². The van der Waals surface area contributed by atoms with Crippen LogP contribution in [0.3, 0.4) is 0 Å². The smallest absolute Gasteiger partial charge is 0.225 e. The zero-order valence-corrected chi connectivity index (χ0v) is 18.6. The number of rotatable bonds is 9. The van der Waals surface area contributed by atoms with E-state index in [9.17, 15) is 4.79 Å². The number of fused-ring (bicyclic) bond motifs is 1. The third kappa shape index (κ3) is 5.41.